The third-order valence-corrected chi connectivity index (χ3v) is 11.1. The summed E-state index contributed by atoms with van der Waals surface area (Å²) in [6.07, 6.45) is 0.169. The molecule has 7 aromatic rings. The van der Waals surface area contributed by atoms with Crippen molar-refractivity contribution in [1.29, 1.82) is 0 Å². The Labute approximate surface area is 376 Å². The van der Waals surface area contributed by atoms with E-state index in [2.05, 4.69) is 50.8 Å². The third kappa shape index (κ3) is 8.63. The van der Waals surface area contributed by atoms with Crippen molar-refractivity contribution < 1.29 is 90.1 Å². The van der Waals surface area contributed by atoms with Crippen molar-refractivity contribution in [3.63, 3.8) is 0 Å². The number of hydrogen-bond donors (Lipinski definition) is 0. The summed E-state index contributed by atoms with van der Waals surface area (Å²) < 4.78 is 59.8. The van der Waals surface area contributed by atoms with Gasteiger partial charge in [-0.1, -0.05) is 0 Å². The van der Waals surface area contributed by atoms with E-state index in [1.807, 2.05) is 97.1 Å². The Kier molecular flexibility index (Phi) is 13.1. The van der Waals surface area contributed by atoms with Crippen molar-refractivity contribution in [2.75, 3.05) is 38.2 Å². The molecule has 0 bridgehead atoms. The zero-order valence-electron chi connectivity index (χ0n) is 32.3. The fourth-order valence-electron chi connectivity index (χ4n) is 6.87. The number of nitrogens with zero attached hydrogens (tertiary/aromatic N) is 3. The molecule has 56 heavy (non-hydrogen) atoms. The molecule has 0 radical (unpaired) electrons. The summed E-state index contributed by atoms with van der Waals surface area (Å²) in [6.45, 7) is 1.80. The number of aromatic nitrogens is 1. The Balaban J connectivity index is 0.00000532. The molecule has 10 nitrogen and oxygen atoms in total. The van der Waals surface area contributed by atoms with E-state index < -0.39 is 15.4 Å². The molecule has 0 fully saturated rings. The summed E-state index contributed by atoms with van der Waals surface area (Å²) in [5.41, 5.74) is 7.34. The molecule has 0 saturated heterocycles. The molecule has 12 heteroatoms. The Hall–Kier alpha value is -4.36. The molecule has 0 amide bonds. The fraction of sp³-hybridized carbons (Fsp3) is 0.182. The van der Waals surface area contributed by atoms with Gasteiger partial charge in [0, 0.05) is 67.7 Å². The van der Waals surface area contributed by atoms with E-state index >= 15 is 0 Å². The van der Waals surface area contributed by atoms with Crippen LogP contribution in [0, 0.1) is 0 Å². The smallest absolute Gasteiger partial charge is 0.748 e. The maximum atomic E-state index is 12.0. The number of aryl methyl sites for hydroxylation is 1. The predicted octanol–water partition coefficient (Wildman–Crippen LogP) is 7.10. The number of methoxy groups -OCH3 is 4. The largest absolute Gasteiger partial charge is 1.00 e. The van der Waals surface area contributed by atoms with Gasteiger partial charge in [-0.25, -0.2) is 8.42 Å². The molecule has 0 aliphatic carbocycles. The molecule has 1 atom stereocenters. The summed E-state index contributed by atoms with van der Waals surface area (Å²) in [5.74, 6) is 2.99. The van der Waals surface area contributed by atoms with Crippen LogP contribution in [0.4, 0.5) is 34.1 Å². The predicted molar refractivity (Wildman–Crippen MR) is 219 cm³/mol. The topological polar surface area (TPSA) is 106 Å². The van der Waals surface area contributed by atoms with Crippen LogP contribution in [0.15, 0.2) is 133 Å². The zero-order valence-corrected chi connectivity index (χ0v) is 38.0. The number of benzene rings is 6. The zero-order chi connectivity index (χ0) is 38.7. The number of hydrogen-bond acceptors (Lipinski definition) is 9. The van der Waals surface area contributed by atoms with Gasteiger partial charge in [0.15, 0.2) is 0 Å². The van der Waals surface area contributed by atoms with Crippen molar-refractivity contribution in [1.82, 2.24) is 4.57 Å². The van der Waals surface area contributed by atoms with Gasteiger partial charge in [-0.15, -0.1) is 0 Å². The van der Waals surface area contributed by atoms with Crippen LogP contribution in [-0.2, 0) is 16.7 Å². The Morgan fingerprint density at radius 3 is 1.07 bits per heavy atom. The van der Waals surface area contributed by atoms with Gasteiger partial charge >= 0.3 is 58.2 Å². The van der Waals surface area contributed by atoms with E-state index in [4.69, 9.17) is 18.9 Å². The first-order valence-electron chi connectivity index (χ1n) is 17.8. The standard InChI is InChI=1S/C44H43N3O7S.Rb/c1-30(55(48,49)50)26-27-45-43-24-14-35(46(31-6-16-37(51-2)17-7-31)32-8-18-38(52-3)19-9-32)28-41(43)42-29-36(15-25-44(42)45)47(33-10-20-39(53-4)21-11-33)34-12-22-40(54-5)23-13-34;/h6-25,28-30H,26-27H2,1-5H3,(H,48,49,50);/q;+1/p-1. The van der Waals surface area contributed by atoms with Gasteiger partial charge in [0.1, 0.15) is 23.0 Å². The van der Waals surface area contributed by atoms with Gasteiger partial charge in [-0.05, 0) is 147 Å². The molecule has 0 spiro atoms. The normalized spacial score (nSPS) is 11.8. The van der Waals surface area contributed by atoms with Crippen molar-refractivity contribution in [2.45, 2.75) is 25.1 Å². The van der Waals surface area contributed by atoms with E-state index in [1.165, 1.54) is 6.92 Å². The van der Waals surface area contributed by atoms with Crippen LogP contribution in [0.25, 0.3) is 21.8 Å². The maximum Gasteiger partial charge on any atom is 1.00 e. The van der Waals surface area contributed by atoms with Crippen molar-refractivity contribution >= 4 is 66.0 Å². The second-order valence-corrected chi connectivity index (χ2v) is 14.9. The number of rotatable bonds is 14. The van der Waals surface area contributed by atoms with Gasteiger partial charge < -0.3 is 37.9 Å². The van der Waals surface area contributed by atoms with Crippen LogP contribution in [0.5, 0.6) is 23.0 Å². The van der Waals surface area contributed by atoms with Gasteiger partial charge in [0.25, 0.3) is 0 Å². The minimum atomic E-state index is -4.45. The average molecular weight is 842 g/mol. The summed E-state index contributed by atoms with van der Waals surface area (Å²) in [6, 6.07) is 44.1. The SMILES string of the molecule is COc1ccc(N(c2ccc(OC)cc2)c2ccc3c(c2)c2cc(N(c4ccc(OC)cc4)c4ccc(OC)cc4)ccc2n3CCC(C)S(=O)(=O)[O-])cc1.[Rb+]. The molecule has 0 aliphatic rings. The van der Waals surface area contributed by atoms with Crippen LogP contribution >= 0.6 is 0 Å². The van der Waals surface area contributed by atoms with E-state index in [0.29, 0.717) is 6.54 Å². The van der Waals surface area contributed by atoms with E-state index in [1.54, 1.807) is 28.4 Å². The van der Waals surface area contributed by atoms with Gasteiger partial charge in [-0.2, -0.15) is 0 Å². The van der Waals surface area contributed by atoms with Crippen LogP contribution < -0.4 is 86.9 Å². The summed E-state index contributed by atoms with van der Waals surface area (Å²) in [5, 5.41) is 0.881. The maximum absolute atomic E-state index is 12.0. The van der Waals surface area contributed by atoms with Crippen molar-refractivity contribution in [3.05, 3.63) is 133 Å². The molecule has 1 heterocycles. The van der Waals surface area contributed by atoms with Gasteiger partial charge in [0.2, 0.25) is 0 Å². The molecule has 282 valence electrons. The van der Waals surface area contributed by atoms with Gasteiger partial charge in [0.05, 0.1) is 38.6 Å². The number of fused-ring (bicyclic) bond motifs is 3. The quantitative estimate of drug-likeness (QED) is 0.106. The minimum absolute atomic E-state index is 0. The Morgan fingerprint density at radius 1 is 0.518 bits per heavy atom. The summed E-state index contributed by atoms with van der Waals surface area (Å²) in [4.78, 5) is 4.33. The molecule has 1 unspecified atom stereocenters. The summed E-state index contributed by atoms with van der Waals surface area (Å²) >= 11 is 0. The van der Waals surface area contributed by atoms with Crippen LogP contribution in [0.3, 0.4) is 0 Å². The first kappa shape index (κ1) is 41.3. The second kappa shape index (κ2) is 17.8. The third-order valence-electron chi connectivity index (χ3n) is 9.92. The van der Waals surface area contributed by atoms with Gasteiger partial charge in [-0.3, -0.25) is 0 Å². The van der Waals surface area contributed by atoms with Crippen LogP contribution in [0.2, 0.25) is 0 Å². The average Bonchev–Trinajstić information content (AvgIpc) is 3.52. The first-order chi connectivity index (χ1) is 26.6. The first-order valence-corrected chi connectivity index (χ1v) is 19.3. The number of ether oxygens (including phenoxy) is 4. The molecule has 7 rings (SSSR count). The molecule has 0 saturated carbocycles. The molecule has 1 aromatic heterocycles. The Morgan fingerprint density at radius 2 is 0.804 bits per heavy atom. The second-order valence-electron chi connectivity index (χ2n) is 13.1. The molecule has 6 aromatic carbocycles. The molecule has 0 N–H and O–H groups in total. The fourth-order valence-corrected chi connectivity index (χ4v) is 7.27. The van der Waals surface area contributed by atoms with E-state index in [0.717, 1.165) is 78.9 Å². The van der Waals surface area contributed by atoms with Crippen molar-refractivity contribution in [3.8, 4) is 23.0 Å². The molecular weight excluding hydrogens is 800 g/mol. The number of anilines is 6. The molecule has 0 aliphatic heterocycles. The minimum Gasteiger partial charge on any atom is -0.748 e. The Bertz CT molecular complexity index is 2270. The van der Waals surface area contributed by atoms with E-state index in [-0.39, 0.29) is 64.6 Å². The molecular formula is C44H42N3O7RbS. The van der Waals surface area contributed by atoms with Crippen LogP contribution in [-0.4, -0.2) is 51.2 Å². The van der Waals surface area contributed by atoms with Crippen LogP contribution in [0.1, 0.15) is 13.3 Å². The van der Waals surface area contributed by atoms with Crippen molar-refractivity contribution in [2.24, 2.45) is 0 Å². The van der Waals surface area contributed by atoms with E-state index in [9.17, 15) is 13.0 Å². The summed E-state index contributed by atoms with van der Waals surface area (Å²) in [7, 11) is 2.12. The monoisotopic (exact) mass is 841 g/mol.